The quantitative estimate of drug-likeness (QED) is 0.702. The highest BCUT2D eigenvalue weighted by atomic mass is 35.5. The number of aromatic nitrogens is 2. The normalized spacial score (nSPS) is 9.92. The number of rotatable bonds is 5. The molecular weight excluding hydrogens is 194 g/mol. The largest absolute Gasteiger partial charge is 0.356 e. The van der Waals surface area contributed by atoms with Crippen LogP contribution in [0.25, 0.3) is 0 Å². The van der Waals surface area contributed by atoms with E-state index < -0.39 is 0 Å². The first kappa shape index (κ1) is 9.98. The van der Waals surface area contributed by atoms with E-state index in [1.807, 2.05) is 0 Å². The zero-order chi connectivity index (χ0) is 9.52. The van der Waals surface area contributed by atoms with Crippen molar-refractivity contribution in [1.82, 2.24) is 15.5 Å². The summed E-state index contributed by atoms with van der Waals surface area (Å²) in [6, 6.07) is 0. The van der Waals surface area contributed by atoms with Crippen molar-refractivity contribution in [1.29, 1.82) is 0 Å². The predicted octanol–water partition coefficient (Wildman–Crippen LogP) is 0.357. The molecule has 6 heteroatoms. The van der Waals surface area contributed by atoms with Gasteiger partial charge in [0.2, 0.25) is 12.3 Å². The van der Waals surface area contributed by atoms with E-state index in [2.05, 4.69) is 20.0 Å². The number of carbonyl (C=O) groups is 1. The molecule has 0 aliphatic rings. The van der Waals surface area contributed by atoms with Gasteiger partial charge in [0.25, 0.3) is 0 Å². The molecule has 1 heterocycles. The summed E-state index contributed by atoms with van der Waals surface area (Å²) in [6.45, 7) is 0.509. The molecule has 5 nitrogen and oxygen atoms in total. The molecule has 0 unspecified atom stereocenters. The molecule has 0 aliphatic carbocycles. The standard InChI is InChI=1S/C7H10ClN3O2/c8-3-1-7(12)9-4-2-6-10-5-13-11-6/h5H,1-4H2,(H,9,12). The van der Waals surface area contributed by atoms with Crippen LogP contribution in [-0.4, -0.2) is 28.5 Å². The van der Waals surface area contributed by atoms with E-state index in [0.29, 0.717) is 31.1 Å². The number of amides is 1. The first-order valence-corrected chi connectivity index (χ1v) is 4.44. The molecule has 0 fully saturated rings. The van der Waals surface area contributed by atoms with Gasteiger partial charge in [0.05, 0.1) is 0 Å². The maximum absolute atomic E-state index is 10.9. The topological polar surface area (TPSA) is 68.0 Å². The van der Waals surface area contributed by atoms with E-state index in [1.165, 1.54) is 6.39 Å². The van der Waals surface area contributed by atoms with Crippen molar-refractivity contribution in [2.45, 2.75) is 12.8 Å². The van der Waals surface area contributed by atoms with Crippen LogP contribution in [0.15, 0.2) is 10.9 Å². The van der Waals surface area contributed by atoms with E-state index in [4.69, 9.17) is 11.6 Å². The van der Waals surface area contributed by atoms with Crippen LogP contribution in [0.5, 0.6) is 0 Å². The fraction of sp³-hybridized carbons (Fsp3) is 0.571. The van der Waals surface area contributed by atoms with Crippen LogP contribution in [0.3, 0.4) is 0 Å². The fourth-order valence-electron chi connectivity index (χ4n) is 0.791. The second-order valence-electron chi connectivity index (χ2n) is 2.39. The highest BCUT2D eigenvalue weighted by molar-refractivity contribution is 6.18. The summed E-state index contributed by atoms with van der Waals surface area (Å²) >= 11 is 5.37. The van der Waals surface area contributed by atoms with Crippen molar-refractivity contribution in [2.75, 3.05) is 12.4 Å². The maximum atomic E-state index is 10.9. The van der Waals surface area contributed by atoms with Gasteiger partial charge >= 0.3 is 0 Å². The smallest absolute Gasteiger partial charge is 0.221 e. The number of hydrogen-bond donors (Lipinski definition) is 1. The summed E-state index contributed by atoms with van der Waals surface area (Å²) in [5.74, 6) is 0.873. The predicted molar refractivity (Wildman–Crippen MR) is 46.3 cm³/mol. The molecule has 0 radical (unpaired) electrons. The zero-order valence-corrected chi connectivity index (χ0v) is 7.75. The molecule has 1 N–H and O–H groups in total. The molecule has 1 rings (SSSR count). The van der Waals surface area contributed by atoms with E-state index in [-0.39, 0.29) is 5.91 Å². The Kier molecular flexibility index (Phi) is 4.25. The van der Waals surface area contributed by atoms with Crippen molar-refractivity contribution in [3.63, 3.8) is 0 Å². The summed E-state index contributed by atoms with van der Waals surface area (Å²) in [7, 11) is 0. The van der Waals surface area contributed by atoms with E-state index >= 15 is 0 Å². The summed E-state index contributed by atoms with van der Waals surface area (Å²) < 4.78 is 4.52. The monoisotopic (exact) mass is 203 g/mol. The number of nitrogens with one attached hydrogen (secondary N) is 1. The highest BCUT2D eigenvalue weighted by Crippen LogP contribution is 1.89. The van der Waals surface area contributed by atoms with Crippen molar-refractivity contribution in [2.24, 2.45) is 0 Å². The lowest BCUT2D eigenvalue weighted by Gasteiger charge is -2.00. The molecule has 72 valence electrons. The Balaban J connectivity index is 2.11. The first-order valence-electron chi connectivity index (χ1n) is 3.91. The van der Waals surface area contributed by atoms with Crippen LogP contribution < -0.4 is 5.32 Å². The SMILES string of the molecule is O=C(CCCl)NCCc1ncon1. The molecule has 0 spiro atoms. The molecule has 1 amide bonds. The highest BCUT2D eigenvalue weighted by Gasteiger charge is 2.01. The number of alkyl halides is 1. The molecule has 1 aromatic heterocycles. The minimum atomic E-state index is -0.0569. The molecule has 13 heavy (non-hydrogen) atoms. The molecule has 0 aliphatic heterocycles. The van der Waals surface area contributed by atoms with Gasteiger partial charge in [0, 0.05) is 25.3 Å². The average molecular weight is 204 g/mol. The van der Waals surface area contributed by atoms with Gasteiger partial charge < -0.3 is 9.84 Å². The minimum absolute atomic E-state index is 0.0569. The Labute approximate surface area is 80.5 Å². The zero-order valence-electron chi connectivity index (χ0n) is 6.99. The lowest BCUT2D eigenvalue weighted by atomic mass is 10.4. The van der Waals surface area contributed by atoms with E-state index in [0.717, 1.165) is 0 Å². The van der Waals surface area contributed by atoms with Crippen LogP contribution in [0.2, 0.25) is 0 Å². The Morgan fingerprint density at radius 2 is 2.54 bits per heavy atom. The van der Waals surface area contributed by atoms with Gasteiger partial charge in [-0.05, 0) is 0 Å². The van der Waals surface area contributed by atoms with Crippen LogP contribution >= 0.6 is 11.6 Å². The van der Waals surface area contributed by atoms with Crippen LogP contribution in [0.4, 0.5) is 0 Å². The molecule has 0 atom stereocenters. The summed E-state index contributed by atoms with van der Waals surface area (Å²) in [5, 5.41) is 6.27. The number of hydrogen-bond acceptors (Lipinski definition) is 4. The van der Waals surface area contributed by atoms with Gasteiger partial charge in [-0.15, -0.1) is 11.6 Å². The van der Waals surface area contributed by atoms with E-state index in [9.17, 15) is 4.79 Å². The third-order valence-corrected chi connectivity index (χ3v) is 1.59. The minimum Gasteiger partial charge on any atom is -0.356 e. The molecular formula is C7H10ClN3O2. The molecule has 0 aromatic carbocycles. The van der Waals surface area contributed by atoms with Crippen LogP contribution in [0, 0.1) is 0 Å². The van der Waals surface area contributed by atoms with Crippen molar-refractivity contribution < 1.29 is 9.32 Å². The van der Waals surface area contributed by atoms with Crippen molar-refractivity contribution >= 4 is 17.5 Å². The van der Waals surface area contributed by atoms with Gasteiger partial charge in [-0.3, -0.25) is 4.79 Å². The molecule has 0 bridgehead atoms. The molecule has 0 saturated carbocycles. The lowest BCUT2D eigenvalue weighted by Crippen LogP contribution is -2.25. The Morgan fingerprint density at radius 1 is 1.69 bits per heavy atom. The fourth-order valence-corrected chi connectivity index (χ4v) is 0.962. The average Bonchev–Trinajstić information content (AvgIpc) is 2.57. The van der Waals surface area contributed by atoms with Crippen molar-refractivity contribution in [3.8, 4) is 0 Å². The van der Waals surface area contributed by atoms with Gasteiger partial charge in [-0.25, -0.2) is 0 Å². The van der Waals surface area contributed by atoms with Crippen LogP contribution in [-0.2, 0) is 11.2 Å². The first-order chi connectivity index (χ1) is 6.33. The summed E-state index contributed by atoms with van der Waals surface area (Å²) in [4.78, 5) is 14.7. The van der Waals surface area contributed by atoms with Gasteiger partial charge in [0.15, 0.2) is 5.82 Å². The van der Waals surface area contributed by atoms with Gasteiger partial charge in [-0.1, -0.05) is 5.16 Å². The lowest BCUT2D eigenvalue weighted by molar-refractivity contribution is -0.120. The Hall–Kier alpha value is -1.10. The van der Waals surface area contributed by atoms with Crippen LogP contribution in [0.1, 0.15) is 12.2 Å². The third kappa shape index (κ3) is 3.89. The number of nitrogens with zero attached hydrogens (tertiary/aromatic N) is 2. The van der Waals surface area contributed by atoms with Gasteiger partial charge in [-0.2, -0.15) is 4.98 Å². The maximum Gasteiger partial charge on any atom is 0.221 e. The third-order valence-electron chi connectivity index (χ3n) is 1.40. The van der Waals surface area contributed by atoms with E-state index in [1.54, 1.807) is 0 Å². The number of halogens is 1. The molecule has 1 aromatic rings. The molecule has 0 saturated heterocycles. The number of carbonyl (C=O) groups excluding carboxylic acids is 1. The van der Waals surface area contributed by atoms with Gasteiger partial charge in [0.1, 0.15) is 0 Å². The second-order valence-corrected chi connectivity index (χ2v) is 2.76. The van der Waals surface area contributed by atoms with Crippen molar-refractivity contribution in [3.05, 3.63) is 12.2 Å². The summed E-state index contributed by atoms with van der Waals surface area (Å²) in [5.41, 5.74) is 0. The second kappa shape index (κ2) is 5.53. The Morgan fingerprint density at radius 3 is 3.15 bits per heavy atom. The summed E-state index contributed by atoms with van der Waals surface area (Å²) in [6.07, 6.45) is 2.17. The Bertz CT molecular complexity index is 250.